The van der Waals surface area contributed by atoms with Crippen molar-refractivity contribution in [3.8, 4) is 0 Å². The number of benzene rings is 1. The smallest absolute Gasteiger partial charge is 0.0496 e. The number of aryl methyl sites for hydroxylation is 2. The Kier molecular flexibility index (Phi) is 3.59. The summed E-state index contributed by atoms with van der Waals surface area (Å²) in [5.74, 6) is 0. The Morgan fingerprint density at radius 3 is 2.71 bits per heavy atom. The summed E-state index contributed by atoms with van der Waals surface area (Å²) in [5.41, 5.74) is 3.97. The number of hydrogen-bond donors (Lipinski definition) is 1. The summed E-state index contributed by atoms with van der Waals surface area (Å²) in [7, 11) is 4.12. The summed E-state index contributed by atoms with van der Waals surface area (Å²) < 4.78 is 3.48. The van der Waals surface area contributed by atoms with Crippen LogP contribution in [-0.2, 0) is 13.5 Å². The summed E-state index contributed by atoms with van der Waals surface area (Å²) in [5, 5.41) is 4.61. The van der Waals surface area contributed by atoms with Crippen molar-refractivity contribution in [1.29, 1.82) is 0 Å². The second kappa shape index (κ2) is 4.83. The third kappa shape index (κ3) is 2.02. The predicted molar refractivity (Wildman–Crippen MR) is 77.5 cm³/mol. The molecule has 0 saturated heterocycles. The van der Waals surface area contributed by atoms with Crippen LogP contribution in [-0.4, -0.2) is 11.6 Å². The molecule has 0 bridgehead atoms. The van der Waals surface area contributed by atoms with Gasteiger partial charge in [-0.25, -0.2) is 0 Å². The van der Waals surface area contributed by atoms with E-state index in [0.717, 1.165) is 6.42 Å². The highest BCUT2D eigenvalue weighted by Gasteiger charge is 2.17. The van der Waals surface area contributed by atoms with Gasteiger partial charge in [-0.05, 0) is 54.0 Å². The van der Waals surface area contributed by atoms with Crippen LogP contribution in [0.3, 0.4) is 0 Å². The Balaban J connectivity index is 2.71. The Morgan fingerprint density at radius 1 is 1.41 bits per heavy atom. The van der Waals surface area contributed by atoms with Crippen molar-refractivity contribution in [2.75, 3.05) is 7.05 Å². The molecule has 0 aliphatic heterocycles. The minimum Gasteiger partial charge on any atom is -0.345 e. The van der Waals surface area contributed by atoms with Gasteiger partial charge in [0.1, 0.15) is 0 Å². The largest absolute Gasteiger partial charge is 0.345 e. The van der Waals surface area contributed by atoms with Crippen LogP contribution in [0.2, 0.25) is 0 Å². The molecule has 1 N–H and O–H groups in total. The summed E-state index contributed by atoms with van der Waals surface area (Å²) in [6.45, 7) is 4.37. The lowest BCUT2D eigenvalue weighted by Crippen LogP contribution is -2.15. The molecule has 2 rings (SSSR count). The van der Waals surface area contributed by atoms with Crippen LogP contribution >= 0.6 is 15.9 Å². The van der Waals surface area contributed by atoms with Crippen LogP contribution in [0.1, 0.15) is 31.1 Å². The second-order valence-corrected chi connectivity index (χ2v) is 5.27. The van der Waals surface area contributed by atoms with E-state index in [4.69, 9.17) is 0 Å². The summed E-state index contributed by atoms with van der Waals surface area (Å²) in [6.07, 6.45) is 1.08. The molecule has 0 amide bonds. The molecule has 0 spiro atoms. The molecule has 2 nitrogen and oxygen atoms in total. The number of nitrogens with one attached hydrogen (secondary N) is 1. The highest BCUT2D eigenvalue weighted by molar-refractivity contribution is 9.10. The van der Waals surface area contributed by atoms with Crippen molar-refractivity contribution in [3.05, 3.63) is 33.9 Å². The Labute approximate surface area is 111 Å². The zero-order valence-electron chi connectivity index (χ0n) is 10.8. The molecule has 17 heavy (non-hydrogen) atoms. The minimum atomic E-state index is 0.340. The van der Waals surface area contributed by atoms with Crippen molar-refractivity contribution >= 4 is 26.8 Å². The van der Waals surface area contributed by atoms with E-state index in [9.17, 15) is 0 Å². The first-order valence-electron chi connectivity index (χ1n) is 6.04. The van der Waals surface area contributed by atoms with Gasteiger partial charge in [0.05, 0.1) is 0 Å². The van der Waals surface area contributed by atoms with Crippen LogP contribution in [0.4, 0.5) is 0 Å². The summed E-state index contributed by atoms with van der Waals surface area (Å²) in [6, 6.07) is 7.05. The third-order valence-corrected chi connectivity index (χ3v) is 4.33. The lowest BCUT2D eigenvalue weighted by atomic mass is 10.1. The molecule has 0 saturated carbocycles. The molecular formula is C14H19BrN2. The number of rotatable bonds is 3. The fourth-order valence-electron chi connectivity index (χ4n) is 2.30. The lowest BCUT2D eigenvalue weighted by molar-refractivity contribution is 0.607. The van der Waals surface area contributed by atoms with Gasteiger partial charge in [0.15, 0.2) is 0 Å². The van der Waals surface area contributed by atoms with Gasteiger partial charge in [-0.15, -0.1) is 0 Å². The maximum Gasteiger partial charge on any atom is 0.0496 e. The summed E-state index contributed by atoms with van der Waals surface area (Å²) >= 11 is 3.75. The number of nitrogens with zero attached hydrogens (tertiary/aromatic N) is 1. The van der Waals surface area contributed by atoms with Crippen molar-refractivity contribution in [2.24, 2.45) is 7.05 Å². The van der Waals surface area contributed by atoms with Gasteiger partial charge in [0, 0.05) is 34.2 Å². The second-order valence-electron chi connectivity index (χ2n) is 4.47. The maximum atomic E-state index is 3.75. The zero-order chi connectivity index (χ0) is 12.6. The molecule has 92 valence electrons. The quantitative estimate of drug-likeness (QED) is 0.911. The van der Waals surface area contributed by atoms with Crippen molar-refractivity contribution in [1.82, 2.24) is 9.88 Å². The number of fused-ring (bicyclic) bond motifs is 1. The Hall–Kier alpha value is -0.800. The van der Waals surface area contributed by atoms with E-state index in [0.29, 0.717) is 6.04 Å². The van der Waals surface area contributed by atoms with E-state index < -0.39 is 0 Å². The first kappa shape index (κ1) is 12.7. The fourth-order valence-corrected chi connectivity index (χ4v) is 3.23. The molecule has 1 aromatic carbocycles. The number of halogens is 1. The average Bonchev–Trinajstić information content (AvgIpc) is 2.60. The van der Waals surface area contributed by atoms with E-state index in [1.165, 1.54) is 26.6 Å². The molecule has 0 fully saturated rings. The van der Waals surface area contributed by atoms with Gasteiger partial charge >= 0.3 is 0 Å². The predicted octanol–water partition coefficient (Wildman–Crippen LogP) is 3.78. The highest BCUT2D eigenvalue weighted by atomic mass is 79.9. The molecule has 0 aliphatic rings. The first-order valence-corrected chi connectivity index (χ1v) is 6.83. The molecule has 0 aliphatic carbocycles. The van der Waals surface area contributed by atoms with Gasteiger partial charge in [-0.1, -0.05) is 13.0 Å². The van der Waals surface area contributed by atoms with E-state index in [2.05, 4.69) is 64.9 Å². The topological polar surface area (TPSA) is 17.0 Å². The molecule has 1 unspecified atom stereocenters. The zero-order valence-corrected chi connectivity index (χ0v) is 12.4. The van der Waals surface area contributed by atoms with E-state index >= 15 is 0 Å². The average molecular weight is 295 g/mol. The molecule has 1 atom stereocenters. The van der Waals surface area contributed by atoms with Crippen LogP contribution in [0, 0.1) is 0 Å². The maximum absolute atomic E-state index is 3.75. The Morgan fingerprint density at radius 2 is 2.12 bits per heavy atom. The molecule has 3 heteroatoms. The van der Waals surface area contributed by atoms with Crippen molar-refractivity contribution in [3.63, 3.8) is 0 Å². The van der Waals surface area contributed by atoms with Crippen LogP contribution in [0.15, 0.2) is 22.7 Å². The molecule has 1 aromatic heterocycles. The molecule has 1 heterocycles. The van der Waals surface area contributed by atoms with Crippen molar-refractivity contribution < 1.29 is 0 Å². The van der Waals surface area contributed by atoms with Crippen LogP contribution < -0.4 is 5.32 Å². The van der Waals surface area contributed by atoms with Gasteiger partial charge in [0.25, 0.3) is 0 Å². The van der Waals surface area contributed by atoms with Gasteiger partial charge in [0.2, 0.25) is 0 Å². The van der Waals surface area contributed by atoms with Crippen LogP contribution in [0.25, 0.3) is 10.9 Å². The van der Waals surface area contributed by atoms with Gasteiger partial charge in [-0.2, -0.15) is 0 Å². The standard InChI is InChI=1S/C14H19BrN2/c1-5-10-6-7-12-11(8-10)13(15)14(17(12)4)9(2)16-3/h6-9,16H,5H2,1-4H3. The normalized spacial score (nSPS) is 13.2. The molecular weight excluding hydrogens is 276 g/mol. The van der Waals surface area contributed by atoms with Crippen LogP contribution in [0.5, 0.6) is 0 Å². The highest BCUT2D eigenvalue weighted by Crippen LogP contribution is 2.34. The van der Waals surface area contributed by atoms with E-state index in [1.807, 2.05) is 7.05 Å². The van der Waals surface area contributed by atoms with Gasteiger partial charge < -0.3 is 9.88 Å². The van der Waals surface area contributed by atoms with E-state index in [-0.39, 0.29) is 0 Å². The number of aromatic nitrogens is 1. The lowest BCUT2D eigenvalue weighted by Gasteiger charge is -2.12. The third-order valence-electron chi connectivity index (χ3n) is 3.50. The first-order chi connectivity index (χ1) is 8.10. The molecule has 0 radical (unpaired) electrons. The summed E-state index contributed by atoms with van der Waals surface area (Å²) in [4.78, 5) is 0. The monoisotopic (exact) mass is 294 g/mol. The fraction of sp³-hybridized carbons (Fsp3) is 0.429. The number of hydrogen-bond acceptors (Lipinski definition) is 1. The molecule has 2 aromatic rings. The SMILES string of the molecule is CCc1ccc2c(c1)c(Br)c(C(C)NC)n2C. The van der Waals surface area contributed by atoms with Crippen molar-refractivity contribution in [2.45, 2.75) is 26.3 Å². The Bertz CT molecular complexity index is 543. The van der Waals surface area contributed by atoms with Gasteiger partial charge in [-0.3, -0.25) is 0 Å². The van der Waals surface area contributed by atoms with E-state index in [1.54, 1.807) is 0 Å². The minimum absolute atomic E-state index is 0.340.